The van der Waals surface area contributed by atoms with Crippen molar-refractivity contribution in [2.75, 3.05) is 32.5 Å². The molecule has 0 radical (unpaired) electrons. The van der Waals surface area contributed by atoms with Crippen LogP contribution in [-0.2, 0) is 4.79 Å². The van der Waals surface area contributed by atoms with Gasteiger partial charge in [0, 0.05) is 23.4 Å². The van der Waals surface area contributed by atoms with Crippen LogP contribution in [-0.4, -0.2) is 63.8 Å². The Kier molecular flexibility index (Phi) is 7.92. The third-order valence-electron chi connectivity index (χ3n) is 6.81. The van der Waals surface area contributed by atoms with Crippen LogP contribution in [0.3, 0.4) is 0 Å². The largest absolute Gasteiger partial charge is 0.497 e. The SMILES string of the molecule is COc1ccc2nccc(C(O)CC[C@@H]3CCN(CCCSC4CC4)C[C@@H]3C(=O)O)c2c1. The number of aromatic nitrogens is 1. The third kappa shape index (κ3) is 5.94. The molecule has 0 amide bonds. The molecule has 2 aliphatic rings. The van der Waals surface area contributed by atoms with Gasteiger partial charge in [0.05, 0.1) is 24.6 Å². The minimum absolute atomic E-state index is 0.0990. The first kappa shape index (κ1) is 23.3. The van der Waals surface area contributed by atoms with Crippen LogP contribution in [0.15, 0.2) is 30.5 Å². The molecule has 2 fully saturated rings. The minimum atomic E-state index is -0.708. The van der Waals surface area contributed by atoms with Crippen LogP contribution < -0.4 is 4.74 Å². The molecule has 3 atom stereocenters. The van der Waals surface area contributed by atoms with Crippen molar-refractivity contribution in [1.82, 2.24) is 9.88 Å². The number of thioether (sulfide) groups is 1. The van der Waals surface area contributed by atoms with Crippen LogP contribution in [0.2, 0.25) is 0 Å². The fourth-order valence-corrected chi connectivity index (χ4v) is 5.86. The fourth-order valence-electron chi connectivity index (χ4n) is 4.76. The van der Waals surface area contributed by atoms with Crippen LogP contribution in [0.4, 0.5) is 0 Å². The second-order valence-electron chi connectivity index (χ2n) is 9.09. The maximum absolute atomic E-state index is 12.0. The van der Waals surface area contributed by atoms with E-state index in [4.69, 9.17) is 4.74 Å². The predicted molar refractivity (Wildman–Crippen MR) is 128 cm³/mol. The van der Waals surface area contributed by atoms with Gasteiger partial charge < -0.3 is 19.8 Å². The van der Waals surface area contributed by atoms with Crippen molar-refractivity contribution < 1.29 is 19.7 Å². The predicted octanol–water partition coefficient (Wildman–Crippen LogP) is 4.37. The number of benzene rings is 1. The number of aliphatic hydroxyl groups is 1. The lowest BCUT2D eigenvalue weighted by atomic mass is 9.81. The van der Waals surface area contributed by atoms with E-state index in [0.717, 1.165) is 53.4 Å². The molecular weight excluding hydrogens is 424 g/mol. The molecule has 2 aromatic rings. The van der Waals surface area contributed by atoms with Gasteiger partial charge in [0.1, 0.15) is 5.75 Å². The van der Waals surface area contributed by atoms with E-state index in [1.165, 1.54) is 18.6 Å². The van der Waals surface area contributed by atoms with Gasteiger partial charge in [-0.3, -0.25) is 9.78 Å². The van der Waals surface area contributed by atoms with Crippen molar-refractivity contribution in [2.45, 2.75) is 49.9 Å². The Hall–Kier alpha value is -1.83. The molecule has 4 rings (SSSR count). The summed E-state index contributed by atoms with van der Waals surface area (Å²) in [6.45, 7) is 2.57. The molecule has 0 spiro atoms. The summed E-state index contributed by atoms with van der Waals surface area (Å²) < 4.78 is 5.33. The Labute approximate surface area is 194 Å². The van der Waals surface area contributed by atoms with E-state index >= 15 is 0 Å². The van der Waals surface area contributed by atoms with Crippen molar-refractivity contribution >= 4 is 28.6 Å². The number of aliphatic carboxylic acids is 1. The second kappa shape index (κ2) is 10.9. The number of hydrogen-bond donors (Lipinski definition) is 2. The third-order valence-corrected chi connectivity index (χ3v) is 8.27. The summed E-state index contributed by atoms with van der Waals surface area (Å²) >= 11 is 2.07. The zero-order valence-corrected chi connectivity index (χ0v) is 19.6. The van der Waals surface area contributed by atoms with E-state index < -0.39 is 12.1 Å². The van der Waals surface area contributed by atoms with E-state index in [0.29, 0.717) is 19.4 Å². The van der Waals surface area contributed by atoms with Crippen molar-refractivity contribution in [2.24, 2.45) is 11.8 Å². The minimum Gasteiger partial charge on any atom is -0.497 e. The lowest BCUT2D eigenvalue weighted by molar-refractivity contribution is -0.146. The highest BCUT2D eigenvalue weighted by atomic mass is 32.2. The first-order valence-corrected chi connectivity index (χ1v) is 12.8. The molecule has 1 aromatic heterocycles. The van der Waals surface area contributed by atoms with Gasteiger partial charge in [-0.25, -0.2) is 0 Å². The number of carboxylic acids is 1. The molecule has 1 aliphatic heterocycles. The van der Waals surface area contributed by atoms with Crippen LogP contribution in [0.5, 0.6) is 5.75 Å². The van der Waals surface area contributed by atoms with Crippen LogP contribution in [0, 0.1) is 11.8 Å². The topological polar surface area (TPSA) is 82.9 Å². The molecule has 1 aromatic carbocycles. The average Bonchev–Trinajstić information content (AvgIpc) is 3.64. The Bertz CT molecular complexity index is 920. The number of fused-ring (bicyclic) bond motifs is 1. The number of nitrogens with zero attached hydrogens (tertiary/aromatic N) is 2. The number of carbonyl (C=O) groups is 1. The molecule has 1 saturated heterocycles. The summed E-state index contributed by atoms with van der Waals surface area (Å²) in [6.07, 6.45) is 7.06. The van der Waals surface area contributed by atoms with Gasteiger partial charge >= 0.3 is 5.97 Å². The van der Waals surface area contributed by atoms with Gasteiger partial charge in [-0.2, -0.15) is 11.8 Å². The summed E-state index contributed by atoms with van der Waals surface area (Å²) in [5.41, 5.74) is 1.64. The van der Waals surface area contributed by atoms with Crippen molar-refractivity contribution in [3.05, 3.63) is 36.0 Å². The maximum atomic E-state index is 12.0. The molecule has 1 aliphatic carbocycles. The highest BCUT2D eigenvalue weighted by molar-refractivity contribution is 8.00. The van der Waals surface area contributed by atoms with E-state index in [2.05, 4.69) is 21.6 Å². The van der Waals surface area contributed by atoms with E-state index in [1.54, 1.807) is 13.3 Å². The molecule has 6 nitrogen and oxygen atoms in total. The molecule has 1 unspecified atom stereocenters. The van der Waals surface area contributed by atoms with Gasteiger partial charge in [-0.1, -0.05) is 0 Å². The number of likely N-dealkylation sites (tertiary alicyclic amines) is 1. The lowest BCUT2D eigenvalue weighted by Gasteiger charge is -2.37. The van der Waals surface area contributed by atoms with Crippen LogP contribution in [0.1, 0.15) is 50.2 Å². The number of ether oxygens (including phenoxy) is 1. The molecule has 1 saturated carbocycles. The van der Waals surface area contributed by atoms with Crippen LogP contribution >= 0.6 is 11.8 Å². The molecule has 7 heteroatoms. The highest BCUT2D eigenvalue weighted by Crippen LogP contribution is 2.35. The van der Waals surface area contributed by atoms with E-state index in [9.17, 15) is 15.0 Å². The van der Waals surface area contributed by atoms with Gasteiger partial charge in [-0.05, 0) is 93.1 Å². The number of aliphatic hydroxyl groups excluding tert-OH is 1. The summed E-state index contributed by atoms with van der Waals surface area (Å²) in [5, 5.41) is 22.6. The monoisotopic (exact) mass is 458 g/mol. The van der Waals surface area contributed by atoms with Gasteiger partial charge in [0.2, 0.25) is 0 Å². The number of carboxylic acid groups (broad SMARTS) is 1. The fraction of sp³-hybridized carbons (Fsp3) is 0.600. The first-order valence-electron chi connectivity index (χ1n) is 11.7. The van der Waals surface area contributed by atoms with Crippen molar-refractivity contribution in [3.8, 4) is 5.75 Å². The average molecular weight is 459 g/mol. The Morgan fingerprint density at radius 1 is 1.31 bits per heavy atom. The van der Waals surface area contributed by atoms with Gasteiger partial charge in [0.25, 0.3) is 0 Å². The number of hydrogen-bond acceptors (Lipinski definition) is 6. The first-order chi connectivity index (χ1) is 15.5. The van der Waals surface area contributed by atoms with Crippen LogP contribution in [0.25, 0.3) is 10.9 Å². The number of rotatable bonds is 11. The number of piperidine rings is 1. The number of methoxy groups -OCH3 is 1. The Morgan fingerprint density at radius 2 is 2.16 bits per heavy atom. The van der Waals surface area contributed by atoms with Gasteiger partial charge in [-0.15, -0.1) is 0 Å². The molecule has 2 heterocycles. The van der Waals surface area contributed by atoms with Crippen molar-refractivity contribution in [3.63, 3.8) is 0 Å². The zero-order chi connectivity index (χ0) is 22.5. The normalized spacial score (nSPS) is 22.7. The molecule has 32 heavy (non-hydrogen) atoms. The summed E-state index contributed by atoms with van der Waals surface area (Å²) in [4.78, 5) is 18.7. The lowest BCUT2D eigenvalue weighted by Crippen LogP contribution is -2.44. The summed E-state index contributed by atoms with van der Waals surface area (Å²) in [5.74, 6) is 0.941. The smallest absolute Gasteiger partial charge is 0.308 e. The highest BCUT2D eigenvalue weighted by Gasteiger charge is 2.34. The molecule has 174 valence electrons. The van der Waals surface area contributed by atoms with E-state index in [1.807, 2.05) is 24.3 Å². The molecule has 0 bridgehead atoms. The Morgan fingerprint density at radius 3 is 2.91 bits per heavy atom. The van der Waals surface area contributed by atoms with Gasteiger partial charge in [0.15, 0.2) is 0 Å². The standard InChI is InChI=1S/C25H34N2O4S/c1-31-18-4-7-23-21(15-18)20(9-11-26-23)24(28)8-3-17-10-13-27(16-22(17)25(29)30)12-2-14-32-19-5-6-19/h4,7,9,11,15,17,19,22,24,28H,2-3,5-6,8,10,12-14,16H2,1H3,(H,29,30)/t17-,22+,24?/m1/s1. The second-order valence-corrected chi connectivity index (χ2v) is 10.5. The molecular formula is C25H34N2O4S. The number of pyridine rings is 1. The van der Waals surface area contributed by atoms with E-state index in [-0.39, 0.29) is 11.8 Å². The Balaban J connectivity index is 1.33. The maximum Gasteiger partial charge on any atom is 0.308 e. The van der Waals surface area contributed by atoms with Crippen molar-refractivity contribution in [1.29, 1.82) is 0 Å². The molecule has 2 N–H and O–H groups in total. The summed E-state index contributed by atoms with van der Waals surface area (Å²) in [7, 11) is 1.62. The summed E-state index contributed by atoms with van der Waals surface area (Å²) in [6, 6.07) is 7.51. The zero-order valence-electron chi connectivity index (χ0n) is 18.8. The quantitative estimate of drug-likeness (QED) is 0.484.